The lowest BCUT2D eigenvalue weighted by atomic mass is 9.99. The van der Waals surface area contributed by atoms with E-state index in [4.69, 9.17) is 0 Å². The van der Waals surface area contributed by atoms with Crippen LogP contribution in [0.5, 0.6) is 0 Å². The molecular formula is C24H25N3O3S. The van der Waals surface area contributed by atoms with Crippen LogP contribution in [0.25, 0.3) is 0 Å². The summed E-state index contributed by atoms with van der Waals surface area (Å²) < 4.78 is 27.7. The number of hydrogen-bond acceptors (Lipinski definition) is 4. The van der Waals surface area contributed by atoms with Crippen molar-refractivity contribution in [3.05, 3.63) is 89.2 Å². The highest BCUT2D eigenvalue weighted by Gasteiger charge is 2.31. The number of hydrogen-bond donors (Lipinski definition) is 1. The van der Waals surface area contributed by atoms with E-state index in [2.05, 4.69) is 41.8 Å². The van der Waals surface area contributed by atoms with Crippen LogP contribution in [0.15, 0.2) is 71.9 Å². The van der Waals surface area contributed by atoms with Gasteiger partial charge in [0.15, 0.2) is 0 Å². The van der Waals surface area contributed by atoms with Crippen LogP contribution < -0.4 is 4.72 Å². The smallest absolute Gasteiger partial charge is 0.261 e. The molecule has 1 amide bonds. The fourth-order valence-corrected chi connectivity index (χ4v) is 4.96. The first-order chi connectivity index (χ1) is 14.8. The van der Waals surface area contributed by atoms with Gasteiger partial charge < -0.3 is 4.90 Å². The highest BCUT2D eigenvalue weighted by atomic mass is 32.2. The Bertz CT molecular complexity index is 1190. The Balaban J connectivity index is 1.53. The first-order valence-corrected chi connectivity index (χ1v) is 11.7. The lowest BCUT2D eigenvalue weighted by Crippen LogP contribution is -2.30. The van der Waals surface area contributed by atoms with Gasteiger partial charge in [-0.2, -0.15) is 0 Å². The SMILES string of the molecule is Cc1ccc(C2CCCN2C(=O)c2ccc(S(=O)(=O)Nc3ccncc3)cc2)cc1C. The second-order valence-corrected chi connectivity index (χ2v) is 9.55. The van der Waals surface area contributed by atoms with Crippen LogP contribution in [0.1, 0.15) is 45.9 Å². The van der Waals surface area contributed by atoms with Crippen LogP contribution in [-0.2, 0) is 10.0 Å². The summed E-state index contributed by atoms with van der Waals surface area (Å²) in [5.74, 6) is -0.0771. The maximum Gasteiger partial charge on any atom is 0.261 e. The van der Waals surface area contributed by atoms with Crippen molar-refractivity contribution in [2.75, 3.05) is 11.3 Å². The zero-order valence-electron chi connectivity index (χ0n) is 17.6. The van der Waals surface area contributed by atoms with Gasteiger partial charge in [0.1, 0.15) is 0 Å². The number of nitrogens with one attached hydrogen (secondary N) is 1. The highest BCUT2D eigenvalue weighted by molar-refractivity contribution is 7.92. The second kappa shape index (κ2) is 8.51. The van der Waals surface area contributed by atoms with E-state index in [9.17, 15) is 13.2 Å². The maximum absolute atomic E-state index is 13.2. The summed E-state index contributed by atoms with van der Waals surface area (Å²) in [6.07, 6.45) is 4.91. The van der Waals surface area contributed by atoms with E-state index < -0.39 is 10.0 Å². The summed E-state index contributed by atoms with van der Waals surface area (Å²) in [5.41, 5.74) is 4.52. The predicted molar refractivity (Wildman–Crippen MR) is 120 cm³/mol. The number of carbonyl (C=O) groups excluding carboxylic acids is 1. The number of carbonyl (C=O) groups is 1. The van der Waals surface area contributed by atoms with Gasteiger partial charge >= 0.3 is 0 Å². The third-order valence-corrected chi connectivity index (χ3v) is 7.17. The molecule has 7 heteroatoms. The Kier molecular flexibility index (Phi) is 5.78. The number of pyridine rings is 1. The van der Waals surface area contributed by atoms with Crippen molar-refractivity contribution in [1.82, 2.24) is 9.88 Å². The van der Waals surface area contributed by atoms with Crippen LogP contribution in [0.4, 0.5) is 5.69 Å². The van der Waals surface area contributed by atoms with Gasteiger partial charge in [0.2, 0.25) is 0 Å². The molecule has 1 saturated heterocycles. The summed E-state index contributed by atoms with van der Waals surface area (Å²) in [7, 11) is -3.74. The van der Waals surface area contributed by atoms with Crippen LogP contribution in [0.2, 0.25) is 0 Å². The number of sulfonamides is 1. The molecule has 4 rings (SSSR count). The Morgan fingerprint density at radius 2 is 1.71 bits per heavy atom. The third kappa shape index (κ3) is 4.46. The fourth-order valence-electron chi connectivity index (χ4n) is 3.90. The molecule has 160 valence electrons. The average Bonchev–Trinajstić information content (AvgIpc) is 3.25. The quantitative estimate of drug-likeness (QED) is 0.641. The number of aryl methyl sites for hydroxylation is 2. The summed E-state index contributed by atoms with van der Waals surface area (Å²) in [5, 5.41) is 0. The predicted octanol–water partition coefficient (Wildman–Crippen LogP) is 4.48. The lowest BCUT2D eigenvalue weighted by molar-refractivity contribution is 0.0735. The summed E-state index contributed by atoms with van der Waals surface area (Å²) >= 11 is 0. The fraction of sp³-hybridized carbons (Fsp3) is 0.250. The third-order valence-electron chi connectivity index (χ3n) is 5.77. The zero-order valence-corrected chi connectivity index (χ0v) is 18.4. The normalized spacial score (nSPS) is 16.3. The van der Waals surface area contributed by atoms with Crippen molar-refractivity contribution < 1.29 is 13.2 Å². The topological polar surface area (TPSA) is 79.4 Å². The van der Waals surface area contributed by atoms with Gasteiger partial charge in [0, 0.05) is 24.5 Å². The van der Waals surface area contributed by atoms with Crippen molar-refractivity contribution in [3.8, 4) is 0 Å². The van der Waals surface area contributed by atoms with Crippen molar-refractivity contribution in [1.29, 1.82) is 0 Å². The minimum Gasteiger partial charge on any atom is -0.332 e. The number of likely N-dealkylation sites (tertiary alicyclic amines) is 1. The minimum absolute atomic E-state index is 0.0450. The lowest BCUT2D eigenvalue weighted by Gasteiger charge is -2.26. The van der Waals surface area contributed by atoms with Crippen molar-refractivity contribution >= 4 is 21.6 Å². The summed E-state index contributed by atoms with van der Waals surface area (Å²) in [6.45, 7) is 4.86. The molecule has 1 unspecified atom stereocenters. The van der Waals surface area contributed by atoms with E-state index >= 15 is 0 Å². The van der Waals surface area contributed by atoms with E-state index in [-0.39, 0.29) is 16.8 Å². The molecule has 3 aromatic rings. The average molecular weight is 436 g/mol. The zero-order chi connectivity index (χ0) is 22.0. The molecule has 0 saturated carbocycles. The van der Waals surface area contributed by atoms with E-state index in [0.29, 0.717) is 17.8 Å². The minimum atomic E-state index is -3.74. The molecule has 0 aliphatic carbocycles. The molecule has 0 bridgehead atoms. The monoisotopic (exact) mass is 435 g/mol. The number of rotatable bonds is 5. The van der Waals surface area contributed by atoms with Crippen LogP contribution in [0.3, 0.4) is 0 Å². The number of amides is 1. The summed E-state index contributed by atoms with van der Waals surface area (Å²) in [6, 6.07) is 15.7. The first kappa shape index (κ1) is 21.1. The van der Waals surface area contributed by atoms with E-state index in [1.54, 1.807) is 24.3 Å². The number of aromatic nitrogens is 1. The highest BCUT2D eigenvalue weighted by Crippen LogP contribution is 2.34. The molecule has 1 N–H and O–H groups in total. The van der Waals surface area contributed by atoms with Gasteiger partial charge in [-0.05, 0) is 79.8 Å². The molecule has 1 aromatic heterocycles. The molecule has 1 aliphatic rings. The number of benzene rings is 2. The van der Waals surface area contributed by atoms with Crippen molar-refractivity contribution in [2.45, 2.75) is 37.6 Å². The molecular weight excluding hydrogens is 410 g/mol. The molecule has 1 aliphatic heterocycles. The number of anilines is 1. The molecule has 1 fully saturated rings. The van der Waals surface area contributed by atoms with E-state index in [1.165, 1.54) is 35.7 Å². The Morgan fingerprint density at radius 1 is 1.00 bits per heavy atom. The van der Waals surface area contributed by atoms with Gasteiger partial charge in [-0.25, -0.2) is 8.42 Å². The van der Waals surface area contributed by atoms with Crippen LogP contribution in [-0.4, -0.2) is 30.8 Å². The van der Waals surface area contributed by atoms with Gasteiger partial charge in [-0.3, -0.25) is 14.5 Å². The Morgan fingerprint density at radius 3 is 2.39 bits per heavy atom. The number of nitrogens with zero attached hydrogens (tertiary/aromatic N) is 2. The van der Waals surface area contributed by atoms with Gasteiger partial charge in [0.25, 0.3) is 15.9 Å². The molecule has 31 heavy (non-hydrogen) atoms. The molecule has 2 heterocycles. The van der Waals surface area contributed by atoms with Crippen LogP contribution >= 0.6 is 0 Å². The molecule has 6 nitrogen and oxygen atoms in total. The Hall–Kier alpha value is -3.19. The van der Waals surface area contributed by atoms with Gasteiger partial charge in [0.05, 0.1) is 16.6 Å². The Labute approximate surface area is 183 Å². The molecule has 0 radical (unpaired) electrons. The van der Waals surface area contributed by atoms with E-state index in [1.807, 2.05) is 4.90 Å². The largest absolute Gasteiger partial charge is 0.332 e. The first-order valence-electron chi connectivity index (χ1n) is 10.3. The standard InChI is InChI=1S/C24H25N3O3S/c1-17-5-6-20(16-18(17)2)23-4-3-15-27(23)24(28)19-7-9-22(10-8-19)31(29,30)26-21-11-13-25-14-12-21/h5-14,16,23H,3-4,15H2,1-2H3,(H,25,26). The molecule has 2 aromatic carbocycles. The molecule has 1 atom stereocenters. The second-order valence-electron chi connectivity index (χ2n) is 7.87. The maximum atomic E-state index is 13.2. The summed E-state index contributed by atoms with van der Waals surface area (Å²) in [4.78, 5) is 19.1. The van der Waals surface area contributed by atoms with Crippen molar-refractivity contribution in [3.63, 3.8) is 0 Å². The van der Waals surface area contributed by atoms with Crippen molar-refractivity contribution in [2.24, 2.45) is 0 Å². The van der Waals surface area contributed by atoms with Crippen LogP contribution in [0, 0.1) is 13.8 Å². The van der Waals surface area contributed by atoms with Gasteiger partial charge in [-0.1, -0.05) is 18.2 Å². The molecule has 0 spiro atoms. The van der Waals surface area contributed by atoms with Gasteiger partial charge in [-0.15, -0.1) is 0 Å². The van der Waals surface area contributed by atoms with E-state index in [0.717, 1.165) is 18.4 Å².